The summed E-state index contributed by atoms with van der Waals surface area (Å²) in [4.78, 5) is 0. The second kappa shape index (κ2) is 9.03. The van der Waals surface area contributed by atoms with Gasteiger partial charge >= 0.3 is 0 Å². The van der Waals surface area contributed by atoms with E-state index in [4.69, 9.17) is 23.7 Å². The van der Waals surface area contributed by atoms with E-state index in [1.807, 2.05) is 0 Å². The van der Waals surface area contributed by atoms with Gasteiger partial charge in [0.25, 0.3) is 0 Å². The van der Waals surface area contributed by atoms with Gasteiger partial charge in [-0.2, -0.15) is 0 Å². The third-order valence-electron chi connectivity index (χ3n) is 11.2. The fourth-order valence-electron chi connectivity index (χ4n) is 9.39. The van der Waals surface area contributed by atoms with Crippen LogP contribution < -0.4 is 0 Å². The highest BCUT2D eigenvalue weighted by Crippen LogP contribution is 2.67. The summed E-state index contributed by atoms with van der Waals surface area (Å²) in [5.74, 6) is 3.11. The molecule has 33 heavy (non-hydrogen) atoms. The second-order valence-corrected chi connectivity index (χ2v) is 12.6. The van der Waals surface area contributed by atoms with E-state index in [1.54, 1.807) is 0 Å². The van der Waals surface area contributed by atoms with Crippen molar-refractivity contribution in [1.29, 1.82) is 0 Å². The molecular weight excluding hydrogens is 416 g/mol. The summed E-state index contributed by atoms with van der Waals surface area (Å²) < 4.78 is 30.5. The molecular formula is C28H46O5. The molecule has 0 amide bonds. The van der Waals surface area contributed by atoms with Gasteiger partial charge in [0.2, 0.25) is 0 Å². The van der Waals surface area contributed by atoms with Crippen LogP contribution in [0.25, 0.3) is 0 Å². The zero-order chi connectivity index (χ0) is 22.5. The zero-order valence-electron chi connectivity index (χ0n) is 21.0. The quantitative estimate of drug-likeness (QED) is 0.491. The van der Waals surface area contributed by atoms with Crippen LogP contribution in [0.3, 0.4) is 0 Å². The fraction of sp³-hybridized carbons (Fsp3) is 1.00. The first kappa shape index (κ1) is 23.2. The van der Waals surface area contributed by atoms with Gasteiger partial charge in [0.05, 0.1) is 32.5 Å². The van der Waals surface area contributed by atoms with Gasteiger partial charge in [-0.05, 0) is 98.7 Å². The molecule has 4 saturated carbocycles. The maximum absolute atomic E-state index is 6.53. The van der Waals surface area contributed by atoms with Crippen molar-refractivity contribution in [3.05, 3.63) is 0 Å². The Hall–Kier alpha value is -0.200. The van der Waals surface area contributed by atoms with Crippen molar-refractivity contribution in [1.82, 2.24) is 0 Å². The number of hydrogen-bond donors (Lipinski definition) is 0. The molecule has 6 aliphatic rings. The van der Waals surface area contributed by atoms with Crippen LogP contribution >= 0.6 is 0 Å². The lowest BCUT2D eigenvalue weighted by Crippen LogP contribution is -2.56. The minimum absolute atomic E-state index is 0.00436. The molecule has 2 aliphatic heterocycles. The minimum Gasteiger partial charge on any atom is -0.375 e. The smallest absolute Gasteiger partial charge is 0.168 e. The first-order valence-electron chi connectivity index (χ1n) is 14.2. The molecule has 1 spiro atoms. The highest BCUT2D eigenvalue weighted by atomic mass is 16.7. The van der Waals surface area contributed by atoms with Crippen LogP contribution in [-0.4, -0.2) is 51.2 Å². The molecule has 0 N–H and O–H groups in total. The molecule has 6 fully saturated rings. The van der Waals surface area contributed by atoms with Crippen LogP contribution in [0.1, 0.15) is 90.9 Å². The Labute approximate surface area is 200 Å². The molecule has 0 aromatic carbocycles. The van der Waals surface area contributed by atoms with Gasteiger partial charge in [0.1, 0.15) is 0 Å². The Bertz CT molecular complexity index is 686. The number of rotatable bonds is 5. The first-order valence-corrected chi connectivity index (χ1v) is 14.2. The molecule has 5 nitrogen and oxygen atoms in total. The highest BCUT2D eigenvalue weighted by Gasteiger charge is 2.62. The summed E-state index contributed by atoms with van der Waals surface area (Å²) in [5, 5.41) is 0. The molecule has 2 heterocycles. The predicted octanol–water partition coefficient (Wildman–Crippen LogP) is 5.70. The van der Waals surface area contributed by atoms with Gasteiger partial charge in [0.15, 0.2) is 12.1 Å². The second-order valence-electron chi connectivity index (χ2n) is 12.6. The molecule has 2 saturated heterocycles. The topological polar surface area (TPSA) is 46.2 Å². The van der Waals surface area contributed by atoms with Crippen molar-refractivity contribution in [2.75, 3.05) is 33.0 Å². The van der Waals surface area contributed by atoms with Crippen molar-refractivity contribution in [2.45, 2.75) is 109 Å². The first-order chi connectivity index (χ1) is 16.0. The van der Waals surface area contributed by atoms with E-state index in [1.165, 1.54) is 57.8 Å². The van der Waals surface area contributed by atoms with E-state index in [2.05, 4.69) is 13.8 Å². The molecule has 8 atom stereocenters. The van der Waals surface area contributed by atoms with E-state index in [0.717, 1.165) is 62.8 Å². The van der Waals surface area contributed by atoms with Crippen LogP contribution in [0.5, 0.6) is 0 Å². The Morgan fingerprint density at radius 3 is 2.36 bits per heavy atom. The standard InChI is InChI=1S/C28H46O5/c1-26-12-13-28(32-17-18-33-28)19-20(26)6-7-21-22-8-9-24(27(22,2)11-10-23(21)26)29-15-16-31-25-5-3-4-14-30-25/h20-25H,3-19H2,1-2H3/t20-,21-,22-,23-,24-,25?,26-,27-/m0/s1. The molecule has 0 bridgehead atoms. The SMILES string of the molecule is C[C@]12CCC3(C[C@@H]1CC[C@@H]1[C@@H]2CC[C@]2(C)[C@@H](OCCOC4CCCCO4)CC[C@@H]12)OCCO3. The van der Waals surface area contributed by atoms with Crippen LogP contribution in [0.4, 0.5) is 0 Å². The summed E-state index contributed by atoms with van der Waals surface area (Å²) >= 11 is 0. The van der Waals surface area contributed by atoms with E-state index >= 15 is 0 Å². The fourth-order valence-corrected chi connectivity index (χ4v) is 9.39. The van der Waals surface area contributed by atoms with Gasteiger partial charge in [-0.25, -0.2) is 0 Å². The Morgan fingerprint density at radius 2 is 1.55 bits per heavy atom. The summed E-state index contributed by atoms with van der Waals surface area (Å²) in [7, 11) is 0. The lowest BCUT2D eigenvalue weighted by Gasteiger charge is -2.61. The normalized spacial score (nSPS) is 48.9. The average Bonchev–Trinajstić information content (AvgIpc) is 3.42. The highest BCUT2D eigenvalue weighted by molar-refractivity contribution is 5.10. The number of ether oxygens (including phenoxy) is 5. The lowest BCUT2D eigenvalue weighted by molar-refractivity contribution is -0.231. The van der Waals surface area contributed by atoms with Crippen molar-refractivity contribution >= 4 is 0 Å². The van der Waals surface area contributed by atoms with Gasteiger partial charge in [0, 0.05) is 19.4 Å². The molecule has 4 aliphatic carbocycles. The maximum Gasteiger partial charge on any atom is 0.168 e. The largest absolute Gasteiger partial charge is 0.375 e. The van der Waals surface area contributed by atoms with E-state index < -0.39 is 0 Å². The van der Waals surface area contributed by atoms with Crippen molar-refractivity contribution in [2.24, 2.45) is 34.5 Å². The minimum atomic E-state index is -0.239. The maximum atomic E-state index is 6.53. The molecule has 188 valence electrons. The van der Waals surface area contributed by atoms with E-state index in [9.17, 15) is 0 Å². The van der Waals surface area contributed by atoms with Crippen LogP contribution in [0.2, 0.25) is 0 Å². The van der Waals surface area contributed by atoms with Gasteiger partial charge < -0.3 is 23.7 Å². The Kier molecular flexibility index (Phi) is 6.35. The average molecular weight is 463 g/mol. The molecule has 0 aromatic heterocycles. The third-order valence-corrected chi connectivity index (χ3v) is 11.2. The van der Waals surface area contributed by atoms with Crippen molar-refractivity contribution in [3.8, 4) is 0 Å². The Morgan fingerprint density at radius 1 is 0.727 bits per heavy atom. The van der Waals surface area contributed by atoms with Gasteiger partial charge in [-0.1, -0.05) is 13.8 Å². The molecule has 5 heteroatoms. The zero-order valence-corrected chi connectivity index (χ0v) is 21.0. The lowest BCUT2D eigenvalue weighted by atomic mass is 9.45. The summed E-state index contributed by atoms with van der Waals surface area (Å²) in [6.45, 7) is 8.99. The summed E-state index contributed by atoms with van der Waals surface area (Å²) in [6.07, 6.45) is 15.4. The third kappa shape index (κ3) is 4.02. The van der Waals surface area contributed by atoms with Gasteiger partial charge in [-0.15, -0.1) is 0 Å². The number of hydrogen-bond acceptors (Lipinski definition) is 5. The Balaban J connectivity index is 1.07. The monoisotopic (exact) mass is 462 g/mol. The molecule has 6 rings (SSSR count). The van der Waals surface area contributed by atoms with E-state index in [0.29, 0.717) is 30.1 Å². The number of fused-ring (bicyclic) bond motifs is 5. The van der Waals surface area contributed by atoms with Crippen molar-refractivity contribution in [3.63, 3.8) is 0 Å². The van der Waals surface area contributed by atoms with Crippen LogP contribution in [0, 0.1) is 34.5 Å². The molecule has 1 unspecified atom stereocenters. The van der Waals surface area contributed by atoms with Crippen LogP contribution in [-0.2, 0) is 23.7 Å². The van der Waals surface area contributed by atoms with Crippen LogP contribution in [0.15, 0.2) is 0 Å². The van der Waals surface area contributed by atoms with E-state index in [-0.39, 0.29) is 12.1 Å². The molecule has 0 radical (unpaired) electrons. The molecule has 0 aromatic rings. The van der Waals surface area contributed by atoms with Gasteiger partial charge in [-0.3, -0.25) is 0 Å². The predicted molar refractivity (Wildman–Crippen MR) is 126 cm³/mol. The summed E-state index contributed by atoms with van der Waals surface area (Å²) in [5.41, 5.74) is 0.816. The summed E-state index contributed by atoms with van der Waals surface area (Å²) in [6, 6.07) is 0. The van der Waals surface area contributed by atoms with Crippen molar-refractivity contribution < 1.29 is 23.7 Å².